The van der Waals surface area contributed by atoms with Crippen LogP contribution >= 0.6 is 11.6 Å². The molecule has 1 aliphatic heterocycles. The van der Waals surface area contributed by atoms with Crippen LogP contribution in [0.3, 0.4) is 0 Å². The topological polar surface area (TPSA) is 84.1 Å². The minimum absolute atomic E-state index is 0.144. The number of halogens is 1. The Morgan fingerprint density at radius 2 is 2.35 bits per heavy atom. The number of aromatic nitrogens is 2. The molecule has 1 aromatic heterocycles. The van der Waals surface area contributed by atoms with Gasteiger partial charge in [-0.05, 0) is 6.42 Å². The van der Waals surface area contributed by atoms with E-state index < -0.39 is 0 Å². The number of nitrogens with one attached hydrogen (secondary N) is 1. The molecule has 1 amide bonds. The Hall–Kier alpha value is -1.56. The Bertz CT molecular complexity index is 439. The number of rotatable bonds is 2. The van der Waals surface area contributed by atoms with Crippen LogP contribution in [0.1, 0.15) is 12.8 Å². The van der Waals surface area contributed by atoms with E-state index in [9.17, 15) is 4.79 Å². The lowest BCUT2D eigenvalue weighted by Crippen LogP contribution is -2.43. The van der Waals surface area contributed by atoms with Crippen molar-refractivity contribution in [1.29, 1.82) is 0 Å². The zero-order valence-corrected chi connectivity index (χ0v) is 10.2. The molecule has 6 nitrogen and oxygen atoms in total. The van der Waals surface area contributed by atoms with Gasteiger partial charge in [-0.2, -0.15) is 0 Å². The third kappa shape index (κ3) is 2.58. The molecular weight excluding hydrogens is 242 g/mol. The van der Waals surface area contributed by atoms with Gasteiger partial charge in [0.2, 0.25) is 5.91 Å². The van der Waals surface area contributed by atoms with Crippen LogP contribution in [0.5, 0.6) is 0 Å². The van der Waals surface area contributed by atoms with Gasteiger partial charge in [0.05, 0.1) is 0 Å². The summed E-state index contributed by atoms with van der Waals surface area (Å²) in [5.74, 6) is 0.689. The van der Waals surface area contributed by atoms with E-state index in [4.69, 9.17) is 17.3 Å². The molecule has 0 bridgehead atoms. The Labute approximate surface area is 104 Å². The maximum Gasteiger partial charge on any atom is 0.222 e. The van der Waals surface area contributed by atoms with Crippen LogP contribution in [0.2, 0.25) is 5.15 Å². The highest BCUT2D eigenvalue weighted by atomic mass is 35.5. The molecule has 1 atom stereocenters. The first-order valence-corrected chi connectivity index (χ1v) is 5.72. The second-order valence-corrected chi connectivity index (χ2v) is 4.44. The summed E-state index contributed by atoms with van der Waals surface area (Å²) in [5, 5.41) is 3.43. The number of nitrogen functional groups attached to an aromatic ring is 1. The fourth-order valence-corrected chi connectivity index (χ4v) is 1.95. The van der Waals surface area contributed by atoms with Crippen molar-refractivity contribution < 1.29 is 4.79 Å². The van der Waals surface area contributed by atoms with Crippen LogP contribution in [0.4, 0.5) is 11.5 Å². The lowest BCUT2D eigenvalue weighted by molar-refractivity contribution is -0.132. The molecule has 0 saturated carbocycles. The van der Waals surface area contributed by atoms with Crippen LogP contribution in [-0.2, 0) is 4.79 Å². The van der Waals surface area contributed by atoms with Gasteiger partial charge in [-0.25, -0.2) is 9.97 Å². The van der Waals surface area contributed by atoms with E-state index in [-0.39, 0.29) is 17.1 Å². The van der Waals surface area contributed by atoms with E-state index in [0.29, 0.717) is 24.5 Å². The zero-order chi connectivity index (χ0) is 12.4. The van der Waals surface area contributed by atoms with Crippen molar-refractivity contribution in [2.75, 3.05) is 24.6 Å². The number of hydrogen-bond acceptors (Lipinski definition) is 5. The van der Waals surface area contributed by atoms with Crippen molar-refractivity contribution in [2.45, 2.75) is 18.9 Å². The molecule has 2 heterocycles. The largest absolute Gasteiger partial charge is 0.393 e. The standard InChI is InChI=1S/C10H14ClN5O/c1-16-4-6(2-3-7(16)17)15-10-8(12)9(11)13-5-14-10/h5-6H,2-4,12H2,1H3,(H,13,14,15). The number of piperidine rings is 1. The second kappa shape index (κ2) is 4.75. The third-order valence-electron chi connectivity index (χ3n) is 2.80. The lowest BCUT2D eigenvalue weighted by Gasteiger charge is -2.30. The summed E-state index contributed by atoms with van der Waals surface area (Å²) in [6.07, 6.45) is 2.66. The highest BCUT2D eigenvalue weighted by Gasteiger charge is 2.23. The van der Waals surface area contributed by atoms with Crippen molar-refractivity contribution in [3.8, 4) is 0 Å². The molecule has 0 aliphatic carbocycles. The zero-order valence-electron chi connectivity index (χ0n) is 9.48. The van der Waals surface area contributed by atoms with E-state index in [1.807, 2.05) is 0 Å². The predicted octanol–water partition coefficient (Wildman–Crippen LogP) is 0.745. The molecule has 17 heavy (non-hydrogen) atoms. The highest BCUT2D eigenvalue weighted by molar-refractivity contribution is 6.32. The fourth-order valence-electron chi connectivity index (χ4n) is 1.81. The summed E-state index contributed by atoms with van der Waals surface area (Å²) >= 11 is 5.80. The monoisotopic (exact) mass is 255 g/mol. The lowest BCUT2D eigenvalue weighted by atomic mass is 10.1. The summed E-state index contributed by atoms with van der Waals surface area (Å²) < 4.78 is 0. The van der Waals surface area contributed by atoms with Crippen LogP contribution < -0.4 is 11.1 Å². The van der Waals surface area contributed by atoms with Crippen molar-refractivity contribution in [2.24, 2.45) is 0 Å². The van der Waals surface area contributed by atoms with Gasteiger partial charge in [0.15, 0.2) is 11.0 Å². The van der Waals surface area contributed by atoms with Gasteiger partial charge in [0.25, 0.3) is 0 Å². The third-order valence-corrected chi connectivity index (χ3v) is 3.10. The number of nitrogens with zero attached hydrogens (tertiary/aromatic N) is 3. The van der Waals surface area contributed by atoms with Gasteiger partial charge < -0.3 is 16.0 Å². The number of hydrogen-bond donors (Lipinski definition) is 2. The Morgan fingerprint density at radius 3 is 3.06 bits per heavy atom. The normalized spacial score (nSPS) is 20.5. The predicted molar refractivity (Wildman–Crippen MR) is 65.7 cm³/mol. The first kappa shape index (κ1) is 11.9. The molecule has 0 aromatic carbocycles. The van der Waals surface area contributed by atoms with Crippen LogP contribution in [0.25, 0.3) is 0 Å². The number of carbonyl (C=O) groups excluding carboxylic acids is 1. The molecule has 1 aromatic rings. The summed E-state index contributed by atoms with van der Waals surface area (Å²) in [6, 6.07) is 0.144. The SMILES string of the molecule is CN1CC(Nc2ncnc(Cl)c2N)CCC1=O. The molecule has 0 radical (unpaired) electrons. The van der Waals surface area contributed by atoms with Gasteiger partial charge in [0.1, 0.15) is 12.0 Å². The maximum absolute atomic E-state index is 11.3. The van der Waals surface area contributed by atoms with Crippen LogP contribution in [-0.4, -0.2) is 40.4 Å². The van der Waals surface area contributed by atoms with E-state index in [1.165, 1.54) is 6.33 Å². The summed E-state index contributed by atoms with van der Waals surface area (Å²) in [5.41, 5.74) is 6.10. The van der Waals surface area contributed by atoms with Crippen LogP contribution in [0, 0.1) is 0 Å². The Morgan fingerprint density at radius 1 is 1.59 bits per heavy atom. The Kier molecular flexibility index (Phi) is 3.33. The first-order valence-electron chi connectivity index (χ1n) is 5.34. The van der Waals surface area contributed by atoms with Crippen molar-refractivity contribution in [3.63, 3.8) is 0 Å². The molecule has 3 N–H and O–H groups in total. The quantitative estimate of drug-likeness (QED) is 0.762. The second-order valence-electron chi connectivity index (χ2n) is 4.08. The van der Waals surface area contributed by atoms with E-state index in [2.05, 4.69) is 15.3 Å². The van der Waals surface area contributed by atoms with Gasteiger partial charge in [-0.15, -0.1) is 0 Å². The highest BCUT2D eigenvalue weighted by Crippen LogP contribution is 2.24. The maximum atomic E-state index is 11.3. The van der Waals surface area contributed by atoms with Gasteiger partial charge >= 0.3 is 0 Å². The Balaban J connectivity index is 2.06. The summed E-state index contributed by atoms with van der Waals surface area (Å²) in [4.78, 5) is 20.9. The number of nitrogens with two attached hydrogens (primary N) is 1. The van der Waals surface area contributed by atoms with Gasteiger partial charge in [-0.1, -0.05) is 11.6 Å². The van der Waals surface area contributed by atoms with Gasteiger partial charge in [0, 0.05) is 26.1 Å². The van der Waals surface area contributed by atoms with Gasteiger partial charge in [-0.3, -0.25) is 4.79 Å². The molecule has 92 valence electrons. The first-order chi connectivity index (χ1) is 8.08. The number of carbonyl (C=O) groups is 1. The molecule has 7 heteroatoms. The minimum Gasteiger partial charge on any atom is -0.393 e. The number of likely N-dealkylation sites (tertiary alicyclic amines) is 1. The molecule has 2 rings (SSSR count). The molecule has 1 aliphatic rings. The summed E-state index contributed by atoms with van der Waals surface area (Å²) in [6.45, 7) is 0.639. The fraction of sp³-hybridized carbons (Fsp3) is 0.500. The number of anilines is 2. The molecule has 1 fully saturated rings. The van der Waals surface area contributed by atoms with E-state index in [0.717, 1.165) is 6.42 Å². The molecular formula is C10H14ClN5O. The van der Waals surface area contributed by atoms with Crippen molar-refractivity contribution >= 4 is 29.0 Å². The number of amides is 1. The van der Waals surface area contributed by atoms with E-state index >= 15 is 0 Å². The number of likely N-dealkylation sites (N-methyl/N-ethyl adjacent to an activating group) is 1. The summed E-state index contributed by atoms with van der Waals surface area (Å²) in [7, 11) is 1.78. The molecule has 0 spiro atoms. The minimum atomic E-state index is 0.144. The van der Waals surface area contributed by atoms with Crippen LogP contribution in [0.15, 0.2) is 6.33 Å². The smallest absolute Gasteiger partial charge is 0.222 e. The van der Waals surface area contributed by atoms with Crippen molar-refractivity contribution in [1.82, 2.24) is 14.9 Å². The molecule has 1 saturated heterocycles. The average Bonchev–Trinajstić information content (AvgIpc) is 2.30. The van der Waals surface area contributed by atoms with E-state index in [1.54, 1.807) is 11.9 Å². The van der Waals surface area contributed by atoms with Crippen molar-refractivity contribution in [3.05, 3.63) is 11.5 Å². The average molecular weight is 256 g/mol. The molecule has 1 unspecified atom stereocenters.